The lowest BCUT2D eigenvalue weighted by Gasteiger charge is -2.42. The maximum atomic E-state index is 13.2. The highest BCUT2D eigenvalue weighted by Gasteiger charge is 2.42. The topological polar surface area (TPSA) is 69.9 Å². The molecule has 5 heterocycles. The van der Waals surface area contributed by atoms with Crippen molar-refractivity contribution in [2.24, 2.45) is 0 Å². The van der Waals surface area contributed by atoms with Crippen molar-refractivity contribution in [1.82, 2.24) is 29.4 Å². The minimum atomic E-state index is 0.285. The highest BCUT2D eigenvalue weighted by molar-refractivity contribution is 5.77. The molecule has 172 valence electrons. The summed E-state index contributed by atoms with van der Waals surface area (Å²) in [6.45, 7) is 5.29. The van der Waals surface area contributed by atoms with Crippen LogP contribution in [0.1, 0.15) is 43.4 Å². The van der Waals surface area contributed by atoms with Gasteiger partial charge in [0.1, 0.15) is 12.1 Å². The van der Waals surface area contributed by atoms with E-state index in [9.17, 15) is 4.79 Å². The summed E-state index contributed by atoms with van der Waals surface area (Å²) in [6, 6.07) is 11.7. The van der Waals surface area contributed by atoms with Gasteiger partial charge in [-0.05, 0) is 56.4 Å². The number of rotatable bonds is 7. The first kappa shape index (κ1) is 20.6. The SMILES string of the molecule is Cc1ccc(N2C3CCC2CN(C(=O)CCN(Cc2cccc4ncnn24)C2CC2)C3)nc1. The van der Waals surface area contributed by atoms with Gasteiger partial charge in [-0.1, -0.05) is 12.1 Å². The van der Waals surface area contributed by atoms with Crippen LogP contribution < -0.4 is 4.90 Å². The van der Waals surface area contributed by atoms with Crippen LogP contribution in [0.3, 0.4) is 0 Å². The first-order valence-corrected chi connectivity index (χ1v) is 12.2. The number of anilines is 1. The molecule has 8 heteroatoms. The third kappa shape index (κ3) is 4.08. The standard InChI is InChI=1S/C25H31N7O/c1-18-5-10-23(26-13-18)31-20-8-9-21(31)15-30(14-20)25(33)11-12-29(19-6-7-19)16-22-3-2-4-24-27-17-28-32(22)24/h2-5,10,13,17,19-21H,6-9,11-12,14-16H2,1H3. The second-order valence-corrected chi connectivity index (χ2v) is 9.78. The minimum absolute atomic E-state index is 0.285. The molecular weight excluding hydrogens is 414 g/mol. The van der Waals surface area contributed by atoms with Gasteiger partial charge in [-0.15, -0.1) is 0 Å². The molecule has 1 saturated carbocycles. The van der Waals surface area contributed by atoms with Crippen molar-refractivity contribution in [1.29, 1.82) is 0 Å². The van der Waals surface area contributed by atoms with E-state index in [0.717, 1.165) is 56.2 Å². The van der Waals surface area contributed by atoms with Crippen LogP contribution in [0.4, 0.5) is 5.82 Å². The van der Waals surface area contributed by atoms with Crippen molar-refractivity contribution in [3.8, 4) is 0 Å². The van der Waals surface area contributed by atoms with Gasteiger partial charge in [0.05, 0.1) is 5.69 Å². The molecule has 2 aliphatic heterocycles. The van der Waals surface area contributed by atoms with Crippen LogP contribution in [0, 0.1) is 6.92 Å². The first-order valence-electron chi connectivity index (χ1n) is 12.2. The van der Waals surface area contributed by atoms with E-state index in [1.165, 1.54) is 18.4 Å². The number of fused-ring (bicyclic) bond motifs is 3. The molecule has 1 amide bonds. The molecule has 3 aliphatic rings. The molecule has 0 spiro atoms. The molecule has 3 fully saturated rings. The number of carbonyl (C=O) groups excluding carboxylic acids is 1. The van der Waals surface area contributed by atoms with Gasteiger partial charge in [0.2, 0.25) is 5.91 Å². The van der Waals surface area contributed by atoms with Crippen LogP contribution in [0.2, 0.25) is 0 Å². The van der Waals surface area contributed by atoms with Crippen molar-refractivity contribution in [3.05, 3.63) is 54.1 Å². The Morgan fingerprint density at radius 2 is 1.88 bits per heavy atom. The number of piperazine rings is 1. The number of nitrogens with zero attached hydrogens (tertiary/aromatic N) is 7. The van der Waals surface area contributed by atoms with Crippen LogP contribution in [0.25, 0.3) is 5.65 Å². The molecule has 1 aliphatic carbocycles. The summed E-state index contributed by atoms with van der Waals surface area (Å²) in [5.74, 6) is 1.34. The first-order chi connectivity index (χ1) is 16.2. The molecule has 2 bridgehead atoms. The van der Waals surface area contributed by atoms with Crippen molar-refractivity contribution in [2.75, 3.05) is 24.5 Å². The summed E-state index contributed by atoms with van der Waals surface area (Å²) >= 11 is 0. The van der Waals surface area contributed by atoms with E-state index >= 15 is 0 Å². The van der Waals surface area contributed by atoms with E-state index in [1.807, 2.05) is 22.8 Å². The van der Waals surface area contributed by atoms with E-state index in [4.69, 9.17) is 0 Å². The van der Waals surface area contributed by atoms with Gasteiger partial charge in [0, 0.05) is 56.9 Å². The maximum Gasteiger partial charge on any atom is 0.224 e. The lowest BCUT2D eigenvalue weighted by Crippen LogP contribution is -2.56. The molecule has 0 aromatic carbocycles. The van der Waals surface area contributed by atoms with Crippen LogP contribution in [-0.2, 0) is 11.3 Å². The average Bonchev–Trinajstić information content (AvgIpc) is 3.50. The Bertz CT molecular complexity index is 1130. The minimum Gasteiger partial charge on any atom is -0.347 e. The van der Waals surface area contributed by atoms with Gasteiger partial charge < -0.3 is 9.80 Å². The third-order valence-electron chi connectivity index (χ3n) is 7.42. The summed E-state index contributed by atoms with van der Waals surface area (Å²) in [5.41, 5.74) is 3.18. The summed E-state index contributed by atoms with van der Waals surface area (Å²) in [4.78, 5) is 29.2. The van der Waals surface area contributed by atoms with E-state index in [1.54, 1.807) is 6.33 Å². The number of carbonyl (C=O) groups is 1. The Morgan fingerprint density at radius 3 is 2.61 bits per heavy atom. The van der Waals surface area contributed by atoms with E-state index in [-0.39, 0.29) is 5.91 Å². The summed E-state index contributed by atoms with van der Waals surface area (Å²) in [5, 5.41) is 4.37. The highest BCUT2D eigenvalue weighted by Crippen LogP contribution is 2.34. The third-order valence-corrected chi connectivity index (χ3v) is 7.42. The fourth-order valence-corrected chi connectivity index (χ4v) is 5.55. The molecule has 3 aromatic heterocycles. The predicted molar refractivity (Wildman–Crippen MR) is 126 cm³/mol. The zero-order valence-electron chi connectivity index (χ0n) is 19.2. The number of pyridine rings is 2. The maximum absolute atomic E-state index is 13.2. The Kier molecular flexibility index (Phi) is 5.25. The lowest BCUT2D eigenvalue weighted by atomic mass is 10.1. The highest BCUT2D eigenvalue weighted by atomic mass is 16.2. The van der Waals surface area contributed by atoms with Gasteiger partial charge in [-0.3, -0.25) is 9.69 Å². The van der Waals surface area contributed by atoms with Crippen molar-refractivity contribution in [3.63, 3.8) is 0 Å². The number of aryl methyl sites for hydroxylation is 1. The van der Waals surface area contributed by atoms with Crippen LogP contribution in [0.5, 0.6) is 0 Å². The molecule has 2 atom stereocenters. The predicted octanol–water partition coefficient (Wildman–Crippen LogP) is 2.67. The lowest BCUT2D eigenvalue weighted by molar-refractivity contribution is -0.132. The molecule has 2 unspecified atom stereocenters. The van der Waals surface area contributed by atoms with Gasteiger partial charge in [0.15, 0.2) is 5.65 Å². The number of amides is 1. The fourth-order valence-electron chi connectivity index (χ4n) is 5.55. The molecule has 33 heavy (non-hydrogen) atoms. The number of aromatic nitrogens is 4. The summed E-state index contributed by atoms with van der Waals surface area (Å²) < 4.78 is 1.91. The van der Waals surface area contributed by atoms with Crippen molar-refractivity contribution < 1.29 is 4.79 Å². The number of hydrogen-bond acceptors (Lipinski definition) is 6. The molecule has 2 saturated heterocycles. The molecular formula is C25H31N7O. The zero-order valence-corrected chi connectivity index (χ0v) is 19.2. The molecule has 6 rings (SSSR count). The zero-order chi connectivity index (χ0) is 22.4. The Balaban J connectivity index is 1.09. The Morgan fingerprint density at radius 1 is 1.06 bits per heavy atom. The van der Waals surface area contributed by atoms with E-state index < -0.39 is 0 Å². The van der Waals surface area contributed by atoms with Crippen LogP contribution in [-0.4, -0.2) is 73.0 Å². The van der Waals surface area contributed by atoms with Gasteiger partial charge in [-0.2, -0.15) is 5.10 Å². The Hall–Kier alpha value is -3.00. The Labute approximate surface area is 194 Å². The van der Waals surface area contributed by atoms with Crippen LogP contribution >= 0.6 is 0 Å². The van der Waals surface area contributed by atoms with Crippen LogP contribution in [0.15, 0.2) is 42.9 Å². The van der Waals surface area contributed by atoms with E-state index in [0.29, 0.717) is 24.5 Å². The van der Waals surface area contributed by atoms with Crippen molar-refractivity contribution in [2.45, 2.75) is 63.7 Å². The number of likely N-dealkylation sites (tertiary alicyclic amines) is 1. The molecule has 3 aromatic rings. The monoisotopic (exact) mass is 445 g/mol. The second-order valence-electron chi connectivity index (χ2n) is 9.78. The molecule has 8 nitrogen and oxygen atoms in total. The van der Waals surface area contributed by atoms with Gasteiger partial charge in [0.25, 0.3) is 0 Å². The summed E-state index contributed by atoms with van der Waals surface area (Å²) in [7, 11) is 0. The smallest absolute Gasteiger partial charge is 0.224 e. The summed E-state index contributed by atoms with van der Waals surface area (Å²) in [6.07, 6.45) is 8.83. The van der Waals surface area contributed by atoms with Crippen molar-refractivity contribution >= 4 is 17.4 Å². The quantitative estimate of drug-likeness (QED) is 0.557. The largest absolute Gasteiger partial charge is 0.347 e. The van der Waals surface area contributed by atoms with Gasteiger partial charge in [-0.25, -0.2) is 14.5 Å². The normalized spacial score (nSPS) is 22.5. The number of hydrogen-bond donors (Lipinski definition) is 0. The second kappa shape index (κ2) is 8.41. The fraction of sp³-hybridized carbons (Fsp3) is 0.520. The molecule has 0 radical (unpaired) electrons. The van der Waals surface area contributed by atoms with Gasteiger partial charge >= 0.3 is 0 Å². The molecule has 0 N–H and O–H groups in total. The van der Waals surface area contributed by atoms with E-state index in [2.05, 4.69) is 54.9 Å². The average molecular weight is 446 g/mol.